The van der Waals surface area contributed by atoms with Crippen molar-refractivity contribution >= 4 is 34.4 Å². The highest BCUT2D eigenvalue weighted by Gasteiger charge is 2.25. The summed E-state index contributed by atoms with van der Waals surface area (Å²) < 4.78 is 5.16. The maximum atomic E-state index is 12.1. The van der Waals surface area contributed by atoms with Crippen molar-refractivity contribution in [2.45, 2.75) is 33.1 Å². The van der Waals surface area contributed by atoms with Gasteiger partial charge < -0.3 is 19.9 Å². The standard InChI is InChI=1S/C25H31N5O2/c1-5-32-24(31)30-15-13-29(14-16-30)22-20-12-11-18(25(2,3)4)17-21(20)27-23(28-22)26-19-9-7-6-8-10-19/h6-12,17H,5,13-16H2,1-4H3,(H,26,27,28). The molecule has 0 aliphatic carbocycles. The summed E-state index contributed by atoms with van der Waals surface area (Å²) in [6, 6.07) is 16.4. The summed E-state index contributed by atoms with van der Waals surface area (Å²) in [4.78, 5) is 25.8. The summed E-state index contributed by atoms with van der Waals surface area (Å²) in [6.45, 7) is 11.4. The molecule has 0 unspecified atom stereocenters. The van der Waals surface area contributed by atoms with Crippen LogP contribution in [-0.2, 0) is 10.2 Å². The van der Waals surface area contributed by atoms with Gasteiger partial charge in [0, 0.05) is 37.3 Å². The molecule has 0 atom stereocenters. The van der Waals surface area contributed by atoms with Gasteiger partial charge in [0.05, 0.1) is 12.1 Å². The predicted octanol–water partition coefficient (Wildman–Crippen LogP) is 4.95. The van der Waals surface area contributed by atoms with Crippen molar-refractivity contribution in [1.82, 2.24) is 14.9 Å². The second-order valence-corrected chi connectivity index (χ2v) is 9.02. The third kappa shape index (κ3) is 4.77. The van der Waals surface area contributed by atoms with Crippen molar-refractivity contribution in [2.24, 2.45) is 0 Å². The van der Waals surface area contributed by atoms with Gasteiger partial charge in [0.2, 0.25) is 5.95 Å². The maximum Gasteiger partial charge on any atom is 0.409 e. The van der Waals surface area contributed by atoms with Crippen molar-refractivity contribution in [1.29, 1.82) is 0 Å². The Morgan fingerprint density at radius 1 is 1.03 bits per heavy atom. The van der Waals surface area contributed by atoms with E-state index in [1.807, 2.05) is 37.3 Å². The average Bonchev–Trinajstić information content (AvgIpc) is 2.78. The Morgan fingerprint density at radius 3 is 2.41 bits per heavy atom. The van der Waals surface area contributed by atoms with Crippen molar-refractivity contribution < 1.29 is 9.53 Å². The lowest BCUT2D eigenvalue weighted by atomic mass is 9.86. The zero-order chi connectivity index (χ0) is 22.7. The number of anilines is 3. The number of amides is 1. The Morgan fingerprint density at radius 2 is 1.75 bits per heavy atom. The molecule has 3 aromatic rings. The number of piperazine rings is 1. The summed E-state index contributed by atoms with van der Waals surface area (Å²) in [5, 5.41) is 4.36. The van der Waals surface area contributed by atoms with Gasteiger partial charge in [-0.25, -0.2) is 9.78 Å². The molecule has 2 heterocycles. The van der Waals surface area contributed by atoms with E-state index in [0.29, 0.717) is 38.7 Å². The lowest BCUT2D eigenvalue weighted by molar-refractivity contribution is 0.105. The molecule has 32 heavy (non-hydrogen) atoms. The van der Waals surface area contributed by atoms with Crippen molar-refractivity contribution in [3.05, 3.63) is 54.1 Å². The van der Waals surface area contributed by atoms with Gasteiger partial charge in [-0.15, -0.1) is 0 Å². The molecule has 2 aromatic carbocycles. The van der Waals surface area contributed by atoms with Crippen LogP contribution in [0.4, 0.5) is 22.2 Å². The van der Waals surface area contributed by atoms with Gasteiger partial charge in [0.25, 0.3) is 0 Å². The molecule has 1 saturated heterocycles. The van der Waals surface area contributed by atoms with Crippen LogP contribution in [0.15, 0.2) is 48.5 Å². The largest absolute Gasteiger partial charge is 0.450 e. The Balaban J connectivity index is 1.69. The van der Waals surface area contributed by atoms with E-state index in [2.05, 4.69) is 49.2 Å². The number of para-hydroxylation sites is 1. The minimum atomic E-state index is -0.249. The van der Waals surface area contributed by atoms with Crippen LogP contribution in [-0.4, -0.2) is 53.7 Å². The summed E-state index contributed by atoms with van der Waals surface area (Å²) in [5.41, 5.74) is 3.11. The molecule has 0 radical (unpaired) electrons. The normalized spacial score (nSPS) is 14.5. The highest BCUT2D eigenvalue weighted by atomic mass is 16.6. The van der Waals surface area contributed by atoms with Crippen molar-refractivity contribution in [2.75, 3.05) is 43.0 Å². The summed E-state index contributed by atoms with van der Waals surface area (Å²) >= 11 is 0. The van der Waals surface area contributed by atoms with Gasteiger partial charge in [-0.3, -0.25) is 0 Å². The lowest BCUT2D eigenvalue weighted by Crippen LogP contribution is -2.49. The first-order valence-electron chi connectivity index (χ1n) is 11.2. The molecule has 1 aliphatic rings. The van der Waals surface area contributed by atoms with Crippen molar-refractivity contribution in [3.63, 3.8) is 0 Å². The molecule has 0 bridgehead atoms. The number of carbonyl (C=O) groups excluding carboxylic acids is 1. The first-order chi connectivity index (χ1) is 15.3. The SMILES string of the molecule is CCOC(=O)N1CCN(c2nc(Nc3ccccc3)nc3cc(C(C)(C)C)ccc23)CC1. The highest BCUT2D eigenvalue weighted by molar-refractivity contribution is 5.91. The molecule has 7 heteroatoms. The predicted molar refractivity (Wildman–Crippen MR) is 129 cm³/mol. The molecular formula is C25H31N5O2. The first kappa shape index (κ1) is 21.9. The van der Waals surface area contributed by atoms with Gasteiger partial charge >= 0.3 is 6.09 Å². The van der Waals surface area contributed by atoms with E-state index >= 15 is 0 Å². The summed E-state index contributed by atoms with van der Waals surface area (Å²) in [5.74, 6) is 1.45. The number of nitrogens with one attached hydrogen (secondary N) is 1. The number of nitrogens with zero attached hydrogens (tertiary/aromatic N) is 4. The molecule has 168 valence electrons. The molecule has 7 nitrogen and oxygen atoms in total. The number of hydrogen-bond donors (Lipinski definition) is 1. The molecule has 1 fully saturated rings. The zero-order valence-corrected chi connectivity index (χ0v) is 19.3. The lowest BCUT2D eigenvalue weighted by Gasteiger charge is -2.35. The molecule has 1 aromatic heterocycles. The number of rotatable bonds is 4. The molecule has 1 aliphatic heterocycles. The van der Waals surface area contributed by atoms with Gasteiger partial charge in [0.15, 0.2) is 0 Å². The van der Waals surface area contributed by atoms with Crippen LogP contribution in [0, 0.1) is 0 Å². The van der Waals surface area contributed by atoms with E-state index in [4.69, 9.17) is 14.7 Å². The Kier molecular flexibility index (Phi) is 6.17. The number of benzene rings is 2. The minimum absolute atomic E-state index is 0.0254. The summed E-state index contributed by atoms with van der Waals surface area (Å²) in [7, 11) is 0. The van der Waals surface area contributed by atoms with E-state index in [9.17, 15) is 4.79 Å². The third-order valence-corrected chi connectivity index (χ3v) is 5.68. The number of fused-ring (bicyclic) bond motifs is 1. The molecular weight excluding hydrogens is 402 g/mol. The van der Waals surface area contributed by atoms with E-state index in [-0.39, 0.29) is 11.5 Å². The molecule has 1 N–H and O–H groups in total. The number of hydrogen-bond acceptors (Lipinski definition) is 6. The summed E-state index contributed by atoms with van der Waals surface area (Å²) in [6.07, 6.45) is -0.249. The quantitative estimate of drug-likeness (QED) is 0.628. The Labute approximate surface area is 189 Å². The van der Waals surface area contributed by atoms with Gasteiger partial charge in [-0.2, -0.15) is 4.98 Å². The number of aromatic nitrogens is 2. The maximum absolute atomic E-state index is 12.1. The smallest absolute Gasteiger partial charge is 0.409 e. The fraction of sp³-hybridized carbons (Fsp3) is 0.400. The van der Waals surface area contributed by atoms with Crippen LogP contribution in [0.1, 0.15) is 33.3 Å². The Bertz CT molecular complexity index is 1090. The van der Waals surface area contributed by atoms with E-state index in [1.54, 1.807) is 4.90 Å². The van der Waals surface area contributed by atoms with Crippen LogP contribution in [0.2, 0.25) is 0 Å². The molecule has 0 spiro atoms. The van der Waals surface area contributed by atoms with E-state index < -0.39 is 0 Å². The topological polar surface area (TPSA) is 70.6 Å². The minimum Gasteiger partial charge on any atom is -0.450 e. The molecule has 4 rings (SSSR count). The van der Waals surface area contributed by atoms with Crippen LogP contribution >= 0.6 is 0 Å². The second-order valence-electron chi connectivity index (χ2n) is 9.02. The number of ether oxygens (including phenoxy) is 1. The number of carbonyl (C=O) groups is 1. The van der Waals surface area contributed by atoms with Crippen LogP contribution < -0.4 is 10.2 Å². The zero-order valence-electron chi connectivity index (χ0n) is 19.3. The monoisotopic (exact) mass is 433 g/mol. The molecule has 1 amide bonds. The fourth-order valence-corrected chi connectivity index (χ4v) is 3.84. The second kappa shape index (κ2) is 9.02. The van der Waals surface area contributed by atoms with Crippen molar-refractivity contribution in [3.8, 4) is 0 Å². The first-order valence-corrected chi connectivity index (χ1v) is 11.2. The average molecular weight is 434 g/mol. The van der Waals surface area contributed by atoms with Crippen LogP contribution in [0.3, 0.4) is 0 Å². The Hall–Kier alpha value is -3.35. The highest BCUT2D eigenvalue weighted by Crippen LogP contribution is 2.31. The third-order valence-electron chi connectivity index (χ3n) is 5.68. The van der Waals surface area contributed by atoms with Crippen LogP contribution in [0.5, 0.6) is 0 Å². The van der Waals surface area contributed by atoms with Crippen LogP contribution in [0.25, 0.3) is 10.9 Å². The molecule has 0 saturated carbocycles. The van der Waals surface area contributed by atoms with Gasteiger partial charge in [-0.1, -0.05) is 45.0 Å². The fourth-order valence-electron chi connectivity index (χ4n) is 3.84. The van der Waals surface area contributed by atoms with E-state index in [1.165, 1.54) is 5.56 Å². The van der Waals surface area contributed by atoms with E-state index in [0.717, 1.165) is 22.4 Å². The van der Waals surface area contributed by atoms with Gasteiger partial charge in [-0.05, 0) is 42.2 Å². The van der Waals surface area contributed by atoms with Gasteiger partial charge in [0.1, 0.15) is 5.82 Å².